The summed E-state index contributed by atoms with van der Waals surface area (Å²) >= 11 is 6.12. The molecule has 0 radical (unpaired) electrons. The van der Waals surface area contributed by atoms with E-state index >= 15 is 0 Å². The molecule has 0 bridgehead atoms. The zero-order valence-electron chi connectivity index (χ0n) is 22.1. The number of rotatable bonds is 6. The Balaban J connectivity index is 2.62. The minimum absolute atomic E-state index is 0.00938. The van der Waals surface area contributed by atoms with Gasteiger partial charge in [0.15, 0.2) is 22.9 Å². The summed E-state index contributed by atoms with van der Waals surface area (Å²) in [7, 11) is -4.41. The van der Waals surface area contributed by atoms with Crippen LogP contribution in [-0.2, 0) is 13.6 Å². The van der Waals surface area contributed by atoms with Gasteiger partial charge in [-0.1, -0.05) is 59.7 Å². The second kappa shape index (κ2) is 9.24. The Hall–Kier alpha value is -0.976. The van der Waals surface area contributed by atoms with Crippen LogP contribution in [0.15, 0.2) is 17.6 Å². The minimum atomic E-state index is -2.25. The summed E-state index contributed by atoms with van der Waals surface area (Å²) in [6.45, 7) is 27.7. The molecular weight excluding hydrogens is 474 g/mol. The molecule has 10 heteroatoms. The van der Waals surface area contributed by atoms with Gasteiger partial charge >= 0.3 is 5.69 Å². The van der Waals surface area contributed by atoms with E-state index in [9.17, 15) is 4.79 Å². The van der Waals surface area contributed by atoms with Crippen LogP contribution in [0.25, 0.3) is 5.03 Å². The average molecular weight is 516 g/mol. The first-order chi connectivity index (χ1) is 14.7. The van der Waals surface area contributed by atoms with Crippen LogP contribution < -0.4 is 11.4 Å². The summed E-state index contributed by atoms with van der Waals surface area (Å²) in [6.07, 6.45) is -0.273. The third kappa shape index (κ3) is 5.82. The van der Waals surface area contributed by atoms with Gasteiger partial charge in [0.05, 0.1) is 11.7 Å². The van der Waals surface area contributed by atoms with Crippen molar-refractivity contribution >= 4 is 39.1 Å². The fourth-order valence-electron chi connectivity index (χ4n) is 3.22. The van der Waals surface area contributed by atoms with Gasteiger partial charge in [0, 0.05) is 11.2 Å². The standard InChI is InChI=1S/C23H42ClN3O4Si2/c1-14(24)16-13-27(21(28)26-19(16)25)20-18(31-33(11,12)23(6,7)8)17(15(2)29-20)30-32(9,10)22(3,4)5/h13,15,17-18,20H,1H2,2-12H3,(H2,25,26,28)/t15-,17-,18-,20-/m1/s1. The predicted molar refractivity (Wildman–Crippen MR) is 142 cm³/mol. The molecule has 1 saturated heterocycles. The molecule has 0 aliphatic carbocycles. The maximum atomic E-state index is 12.9. The van der Waals surface area contributed by atoms with Crippen molar-refractivity contribution in [3.8, 4) is 0 Å². The lowest BCUT2D eigenvalue weighted by molar-refractivity contribution is -0.0310. The number of halogens is 1. The second-order valence-corrected chi connectivity index (χ2v) is 22.0. The van der Waals surface area contributed by atoms with Gasteiger partial charge < -0.3 is 19.3 Å². The summed E-state index contributed by atoms with van der Waals surface area (Å²) in [5, 5.41) is 0.177. The van der Waals surface area contributed by atoms with E-state index in [-0.39, 0.29) is 33.1 Å². The molecule has 1 aliphatic heterocycles. The quantitative estimate of drug-likeness (QED) is 0.486. The molecule has 0 spiro atoms. The van der Waals surface area contributed by atoms with E-state index in [0.717, 1.165) is 0 Å². The molecule has 1 aliphatic rings. The first-order valence-electron chi connectivity index (χ1n) is 11.4. The van der Waals surface area contributed by atoms with Crippen LogP contribution in [-0.4, -0.2) is 44.5 Å². The number of nitrogen functional groups attached to an aromatic ring is 1. The maximum absolute atomic E-state index is 12.9. The van der Waals surface area contributed by atoms with Crippen LogP contribution >= 0.6 is 11.6 Å². The third-order valence-electron chi connectivity index (χ3n) is 7.44. The number of ether oxygens (including phenoxy) is 1. The third-order valence-corrected chi connectivity index (χ3v) is 16.6. The summed E-state index contributed by atoms with van der Waals surface area (Å²) < 4.78 is 21.5. The highest BCUT2D eigenvalue weighted by Crippen LogP contribution is 2.45. The smallest absolute Gasteiger partial charge is 0.351 e. The van der Waals surface area contributed by atoms with Crippen LogP contribution in [0.1, 0.15) is 60.3 Å². The molecule has 0 unspecified atom stereocenters. The molecule has 0 aromatic carbocycles. The predicted octanol–water partition coefficient (Wildman–Crippen LogP) is 5.73. The lowest BCUT2D eigenvalue weighted by Crippen LogP contribution is -2.53. The molecule has 1 aromatic rings. The number of aromatic nitrogens is 2. The molecule has 2 rings (SSSR count). The lowest BCUT2D eigenvalue weighted by Gasteiger charge is -2.44. The first kappa shape index (κ1) is 28.3. The molecular formula is C23H42ClN3O4Si2. The maximum Gasteiger partial charge on any atom is 0.351 e. The van der Waals surface area contributed by atoms with E-state index < -0.39 is 34.7 Å². The summed E-state index contributed by atoms with van der Waals surface area (Å²) in [5.41, 5.74) is 5.79. The van der Waals surface area contributed by atoms with Crippen molar-refractivity contribution in [1.82, 2.24) is 9.55 Å². The van der Waals surface area contributed by atoms with Crippen molar-refractivity contribution in [2.24, 2.45) is 0 Å². The zero-order chi connectivity index (χ0) is 25.7. The Morgan fingerprint density at radius 1 is 1.09 bits per heavy atom. The fourth-order valence-corrected chi connectivity index (χ4v) is 6.01. The van der Waals surface area contributed by atoms with Crippen LogP contribution in [0.2, 0.25) is 36.3 Å². The van der Waals surface area contributed by atoms with Crippen molar-refractivity contribution in [1.29, 1.82) is 0 Å². The molecule has 188 valence electrons. The molecule has 33 heavy (non-hydrogen) atoms. The van der Waals surface area contributed by atoms with E-state index in [1.54, 1.807) is 6.20 Å². The van der Waals surface area contributed by atoms with Crippen molar-refractivity contribution in [3.63, 3.8) is 0 Å². The SMILES string of the molecule is C=C(Cl)c1cn([C@@H]2O[C@H](C)[C@@H](O[Si](C)(C)C(C)(C)C)[C@H]2O[Si](C)(C)C(C)(C)C)c(=O)nc1N. The Morgan fingerprint density at radius 3 is 1.97 bits per heavy atom. The number of hydrogen-bond donors (Lipinski definition) is 1. The van der Waals surface area contributed by atoms with E-state index in [1.807, 2.05) is 6.92 Å². The largest absolute Gasteiger partial charge is 0.409 e. The van der Waals surface area contributed by atoms with Crippen molar-refractivity contribution in [2.45, 2.75) is 109 Å². The second-order valence-electron chi connectivity index (χ2n) is 12.1. The molecule has 2 heterocycles. The highest BCUT2D eigenvalue weighted by atomic mass is 35.5. The van der Waals surface area contributed by atoms with Crippen LogP contribution in [0.5, 0.6) is 0 Å². The van der Waals surface area contributed by atoms with E-state index in [4.69, 9.17) is 30.9 Å². The summed E-state index contributed by atoms with van der Waals surface area (Å²) in [5.74, 6) is 0.0400. The minimum Gasteiger partial charge on any atom is -0.409 e. The van der Waals surface area contributed by atoms with Crippen LogP contribution in [0, 0.1) is 0 Å². The Bertz CT molecular complexity index is 950. The molecule has 1 fully saturated rings. The van der Waals surface area contributed by atoms with Crippen molar-refractivity contribution in [2.75, 3.05) is 5.73 Å². The molecule has 7 nitrogen and oxygen atoms in total. The highest BCUT2D eigenvalue weighted by molar-refractivity contribution is 6.74. The normalized spacial score (nSPS) is 24.8. The van der Waals surface area contributed by atoms with Crippen LogP contribution in [0.3, 0.4) is 0 Å². The van der Waals surface area contributed by atoms with Crippen LogP contribution in [0.4, 0.5) is 5.82 Å². The van der Waals surface area contributed by atoms with Gasteiger partial charge in [-0.15, -0.1) is 0 Å². The van der Waals surface area contributed by atoms with E-state index in [2.05, 4.69) is 79.3 Å². The van der Waals surface area contributed by atoms with Gasteiger partial charge in [-0.25, -0.2) is 4.79 Å². The number of hydrogen-bond acceptors (Lipinski definition) is 6. The van der Waals surface area contributed by atoms with Gasteiger partial charge in [-0.2, -0.15) is 4.98 Å². The molecule has 2 N–H and O–H groups in total. The van der Waals surface area contributed by atoms with Crippen molar-refractivity contribution in [3.05, 3.63) is 28.8 Å². The zero-order valence-corrected chi connectivity index (χ0v) is 24.8. The molecule has 0 amide bonds. The summed E-state index contributed by atoms with van der Waals surface area (Å²) in [4.78, 5) is 16.9. The van der Waals surface area contributed by atoms with Gasteiger partial charge in [-0.05, 0) is 43.2 Å². The topological polar surface area (TPSA) is 88.6 Å². The van der Waals surface area contributed by atoms with E-state index in [1.165, 1.54) is 4.57 Å². The Morgan fingerprint density at radius 2 is 1.55 bits per heavy atom. The first-order valence-corrected chi connectivity index (χ1v) is 17.6. The van der Waals surface area contributed by atoms with Crippen molar-refractivity contribution < 1.29 is 13.6 Å². The average Bonchev–Trinajstić information content (AvgIpc) is 2.88. The van der Waals surface area contributed by atoms with Gasteiger partial charge in [0.2, 0.25) is 0 Å². The van der Waals surface area contributed by atoms with Gasteiger partial charge in [-0.3, -0.25) is 4.57 Å². The molecule has 1 aromatic heterocycles. The lowest BCUT2D eigenvalue weighted by atomic mass is 10.1. The van der Waals surface area contributed by atoms with Gasteiger partial charge in [0.25, 0.3) is 0 Å². The number of nitrogens with two attached hydrogens (primary N) is 1. The fraction of sp³-hybridized carbons (Fsp3) is 0.739. The summed E-state index contributed by atoms with van der Waals surface area (Å²) in [6, 6.07) is 0. The Kier molecular flexibility index (Phi) is 7.91. The molecule has 0 saturated carbocycles. The number of nitrogens with zero attached hydrogens (tertiary/aromatic N) is 2. The van der Waals surface area contributed by atoms with E-state index in [0.29, 0.717) is 5.56 Å². The number of anilines is 1. The highest BCUT2D eigenvalue weighted by Gasteiger charge is 2.53. The van der Waals surface area contributed by atoms with Gasteiger partial charge in [0.1, 0.15) is 18.0 Å². The monoisotopic (exact) mass is 515 g/mol. The Labute approximate surface area is 205 Å². The molecule has 4 atom stereocenters.